The van der Waals surface area contributed by atoms with E-state index in [4.69, 9.17) is 35.4 Å². The van der Waals surface area contributed by atoms with Crippen molar-refractivity contribution >= 4 is 52.1 Å². The number of hydrogen-bond donors (Lipinski definition) is 2. The van der Waals surface area contributed by atoms with Crippen molar-refractivity contribution in [1.82, 2.24) is 5.32 Å². The molecule has 0 spiro atoms. The number of hydrogen-bond acceptors (Lipinski definition) is 2. The van der Waals surface area contributed by atoms with Gasteiger partial charge in [0.2, 0.25) is 5.91 Å². The first-order valence-electron chi connectivity index (χ1n) is 6.60. The number of nitrogens with one attached hydrogen (secondary N) is 2. The Morgan fingerprint density at radius 3 is 2.70 bits per heavy atom. The molecule has 1 aromatic carbocycles. The second kappa shape index (κ2) is 7.25. The predicted molar refractivity (Wildman–Crippen MR) is 87.4 cm³/mol. The Balaban J connectivity index is 1.85. The highest BCUT2D eigenvalue weighted by Gasteiger charge is 2.19. The zero-order chi connectivity index (χ0) is 14.5. The minimum absolute atomic E-state index is 0.0486. The Bertz CT molecular complexity index is 516. The Morgan fingerprint density at radius 2 is 2.00 bits per heavy atom. The van der Waals surface area contributed by atoms with E-state index in [1.54, 1.807) is 18.2 Å². The molecule has 1 aromatic rings. The highest BCUT2D eigenvalue weighted by atomic mass is 35.5. The minimum Gasteiger partial charge on any atom is -0.331 e. The zero-order valence-corrected chi connectivity index (χ0v) is 13.2. The van der Waals surface area contributed by atoms with Gasteiger partial charge in [-0.25, -0.2) is 0 Å². The molecule has 6 heteroatoms. The van der Waals surface area contributed by atoms with Crippen LogP contribution in [0.3, 0.4) is 0 Å². The van der Waals surface area contributed by atoms with Crippen LogP contribution in [-0.2, 0) is 4.79 Å². The van der Waals surface area contributed by atoms with Gasteiger partial charge in [0, 0.05) is 11.4 Å². The molecule has 0 saturated heterocycles. The van der Waals surface area contributed by atoms with E-state index in [9.17, 15) is 4.79 Å². The van der Waals surface area contributed by atoms with Crippen LogP contribution in [0.5, 0.6) is 0 Å². The monoisotopic (exact) mass is 330 g/mol. The molecule has 0 aliphatic heterocycles. The van der Waals surface area contributed by atoms with Crippen LogP contribution in [0.1, 0.15) is 32.1 Å². The Hall–Kier alpha value is -0.840. The summed E-state index contributed by atoms with van der Waals surface area (Å²) in [5.41, 5.74) is 0.588. The Labute approximate surface area is 134 Å². The number of benzene rings is 1. The lowest BCUT2D eigenvalue weighted by Crippen LogP contribution is -2.35. The van der Waals surface area contributed by atoms with E-state index in [0.717, 1.165) is 12.8 Å². The molecule has 0 radical (unpaired) electrons. The van der Waals surface area contributed by atoms with Crippen LogP contribution in [-0.4, -0.2) is 11.0 Å². The molecule has 20 heavy (non-hydrogen) atoms. The molecule has 108 valence electrons. The molecular formula is C14H16Cl2N2OS. The van der Waals surface area contributed by atoms with Crippen molar-refractivity contribution in [3.8, 4) is 0 Å². The lowest BCUT2D eigenvalue weighted by molar-refractivity contribution is -0.120. The van der Waals surface area contributed by atoms with E-state index in [1.165, 1.54) is 12.8 Å². The van der Waals surface area contributed by atoms with E-state index in [-0.39, 0.29) is 11.0 Å². The highest BCUT2D eigenvalue weighted by Crippen LogP contribution is 2.27. The van der Waals surface area contributed by atoms with Gasteiger partial charge in [0.15, 0.2) is 5.11 Å². The van der Waals surface area contributed by atoms with E-state index >= 15 is 0 Å². The molecule has 0 unspecified atom stereocenters. The van der Waals surface area contributed by atoms with Gasteiger partial charge in [-0.15, -0.1) is 0 Å². The number of halogens is 2. The first kappa shape index (κ1) is 15.5. The Kier molecular flexibility index (Phi) is 5.64. The van der Waals surface area contributed by atoms with Crippen molar-refractivity contribution in [2.45, 2.75) is 32.1 Å². The summed E-state index contributed by atoms with van der Waals surface area (Å²) in [6, 6.07) is 5.03. The fourth-order valence-corrected chi connectivity index (χ4v) is 2.96. The van der Waals surface area contributed by atoms with Crippen LogP contribution in [0, 0.1) is 5.92 Å². The quantitative estimate of drug-likeness (QED) is 0.807. The molecule has 1 aliphatic rings. The molecular weight excluding hydrogens is 315 g/mol. The third kappa shape index (κ3) is 4.62. The molecule has 1 saturated carbocycles. The van der Waals surface area contributed by atoms with Crippen molar-refractivity contribution in [3.05, 3.63) is 28.2 Å². The van der Waals surface area contributed by atoms with Gasteiger partial charge in [0.05, 0.1) is 10.7 Å². The maximum Gasteiger partial charge on any atom is 0.226 e. The van der Waals surface area contributed by atoms with Gasteiger partial charge in [-0.3, -0.25) is 4.79 Å². The van der Waals surface area contributed by atoms with E-state index < -0.39 is 0 Å². The SMILES string of the molecule is O=C(CC1CCCC1)NC(=S)Nc1cc(Cl)ccc1Cl. The maximum absolute atomic E-state index is 11.9. The lowest BCUT2D eigenvalue weighted by atomic mass is 10.0. The summed E-state index contributed by atoms with van der Waals surface area (Å²) < 4.78 is 0. The smallest absolute Gasteiger partial charge is 0.226 e. The second-order valence-electron chi connectivity index (χ2n) is 4.98. The summed E-state index contributed by atoms with van der Waals surface area (Å²) in [5.74, 6) is 0.445. The van der Waals surface area contributed by atoms with E-state index in [1.807, 2.05) is 0 Å². The highest BCUT2D eigenvalue weighted by molar-refractivity contribution is 7.80. The summed E-state index contributed by atoms with van der Waals surface area (Å²) in [5, 5.41) is 6.87. The molecule has 1 fully saturated rings. The third-order valence-electron chi connectivity index (χ3n) is 3.38. The van der Waals surface area contributed by atoms with Crippen molar-refractivity contribution in [2.75, 3.05) is 5.32 Å². The average molecular weight is 331 g/mol. The number of anilines is 1. The van der Waals surface area contributed by atoms with Crippen LogP contribution >= 0.6 is 35.4 Å². The third-order valence-corrected chi connectivity index (χ3v) is 4.15. The van der Waals surface area contributed by atoms with Gasteiger partial charge in [-0.05, 0) is 49.2 Å². The summed E-state index contributed by atoms with van der Waals surface area (Å²) in [7, 11) is 0. The van der Waals surface area contributed by atoms with Crippen molar-refractivity contribution < 1.29 is 4.79 Å². The van der Waals surface area contributed by atoms with Gasteiger partial charge in [-0.1, -0.05) is 36.0 Å². The molecule has 2 N–H and O–H groups in total. The van der Waals surface area contributed by atoms with Gasteiger partial charge in [0.25, 0.3) is 0 Å². The molecule has 0 aromatic heterocycles. The van der Waals surface area contributed by atoms with Gasteiger partial charge < -0.3 is 10.6 Å². The molecule has 0 atom stereocenters. The lowest BCUT2D eigenvalue weighted by Gasteiger charge is -2.13. The molecule has 3 nitrogen and oxygen atoms in total. The fourth-order valence-electron chi connectivity index (χ4n) is 2.40. The van der Waals surface area contributed by atoms with Crippen LogP contribution < -0.4 is 10.6 Å². The fraction of sp³-hybridized carbons (Fsp3) is 0.429. The van der Waals surface area contributed by atoms with E-state index in [2.05, 4.69) is 10.6 Å². The van der Waals surface area contributed by atoms with Crippen molar-refractivity contribution in [3.63, 3.8) is 0 Å². The topological polar surface area (TPSA) is 41.1 Å². The number of carbonyl (C=O) groups is 1. The maximum atomic E-state index is 11.9. The minimum atomic E-state index is -0.0486. The Morgan fingerprint density at radius 1 is 1.30 bits per heavy atom. The zero-order valence-electron chi connectivity index (χ0n) is 10.9. The van der Waals surface area contributed by atoms with Gasteiger partial charge in [-0.2, -0.15) is 0 Å². The molecule has 1 aliphatic carbocycles. The number of amides is 1. The second-order valence-corrected chi connectivity index (χ2v) is 6.23. The molecule has 2 rings (SSSR count). The average Bonchev–Trinajstić information content (AvgIpc) is 2.86. The van der Waals surface area contributed by atoms with Crippen molar-refractivity contribution in [1.29, 1.82) is 0 Å². The standard InChI is InChI=1S/C14H16Cl2N2OS/c15-10-5-6-11(16)12(8-10)17-14(20)18-13(19)7-9-3-1-2-4-9/h5-6,8-9H,1-4,7H2,(H2,17,18,19,20). The first-order chi connectivity index (χ1) is 9.54. The summed E-state index contributed by atoms with van der Waals surface area (Å²) in [4.78, 5) is 11.9. The van der Waals surface area contributed by atoms with Crippen molar-refractivity contribution in [2.24, 2.45) is 5.92 Å². The van der Waals surface area contributed by atoms with Gasteiger partial charge >= 0.3 is 0 Å². The summed E-state index contributed by atoms with van der Waals surface area (Å²) in [6.45, 7) is 0. The predicted octanol–water partition coefficient (Wildman–Crippen LogP) is 4.39. The summed E-state index contributed by atoms with van der Waals surface area (Å²) in [6.07, 6.45) is 5.24. The van der Waals surface area contributed by atoms with Crippen LogP contribution in [0.4, 0.5) is 5.69 Å². The largest absolute Gasteiger partial charge is 0.331 e. The first-order valence-corrected chi connectivity index (χ1v) is 7.77. The molecule has 1 amide bonds. The molecule has 0 bridgehead atoms. The number of thiocarbonyl (C=S) groups is 1. The van der Waals surface area contributed by atoms with Crippen LogP contribution in [0.25, 0.3) is 0 Å². The van der Waals surface area contributed by atoms with Gasteiger partial charge in [0.1, 0.15) is 0 Å². The number of rotatable bonds is 3. The summed E-state index contributed by atoms with van der Waals surface area (Å²) >= 11 is 17.0. The molecule has 0 heterocycles. The van der Waals surface area contributed by atoms with Crippen LogP contribution in [0.15, 0.2) is 18.2 Å². The number of carbonyl (C=O) groups excluding carboxylic acids is 1. The normalized spacial score (nSPS) is 15.1. The van der Waals surface area contributed by atoms with E-state index in [0.29, 0.717) is 28.1 Å². The van der Waals surface area contributed by atoms with Crippen LogP contribution in [0.2, 0.25) is 10.0 Å².